The van der Waals surface area contributed by atoms with E-state index in [0.717, 1.165) is 25.9 Å². The highest BCUT2D eigenvalue weighted by molar-refractivity contribution is 5.73. The van der Waals surface area contributed by atoms with Crippen molar-refractivity contribution in [3.05, 3.63) is 30.3 Å². The van der Waals surface area contributed by atoms with Crippen LogP contribution in [0.15, 0.2) is 30.3 Å². The van der Waals surface area contributed by atoms with Crippen LogP contribution in [0.25, 0.3) is 0 Å². The topological polar surface area (TPSA) is 29.5 Å². The Labute approximate surface area is 102 Å². The molecule has 17 heavy (non-hydrogen) atoms. The molecule has 3 heteroatoms. The van der Waals surface area contributed by atoms with Crippen molar-refractivity contribution >= 4 is 11.7 Å². The van der Waals surface area contributed by atoms with E-state index in [1.165, 1.54) is 5.69 Å². The maximum Gasteiger partial charge on any atom is 0.310 e. The van der Waals surface area contributed by atoms with Crippen molar-refractivity contribution in [2.45, 2.75) is 19.8 Å². The van der Waals surface area contributed by atoms with Gasteiger partial charge in [-0.05, 0) is 31.9 Å². The third-order valence-corrected chi connectivity index (χ3v) is 3.16. The van der Waals surface area contributed by atoms with Crippen LogP contribution in [0.2, 0.25) is 0 Å². The minimum Gasteiger partial charge on any atom is -0.466 e. The summed E-state index contributed by atoms with van der Waals surface area (Å²) in [6, 6.07) is 10.3. The van der Waals surface area contributed by atoms with Crippen molar-refractivity contribution < 1.29 is 9.53 Å². The molecule has 1 aromatic rings. The highest BCUT2D eigenvalue weighted by atomic mass is 16.5. The van der Waals surface area contributed by atoms with Gasteiger partial charge in [0.25, 0.3) is 0 Å². The SMILES string of the molecule is CCOC(=O)[C@H]1CCCN(c2ccccc2)C1. The Kier molecular flexibility index (Phi) is 4.02. The number of anilines is 1. The van der Waals surface area contributed by atoms with E-state index in [1.807, 2.05) is 25.1 Å². The number of para-hydroxylation sites is 1. The van der Waals surface area contributed by atoms with E-state index < -0.39 is 0 Å². The van der Waals surface area contributed by atoms with Crippen LogP contribution in [-0.2, 0) is 9.53 Å². The minimum atomic E-state index is -0.0480. The summed E-state index contributed by atoms with van der Waals surface area (Å²) in [6.07, 6.45) is 2.00. The summed E-state index contributed by atoms with van der Waals surface area (Å²) in [7, 11) is 0. The molecule has 0 amide bonds. The number of piperidine rings is 1. The van der Waals surface area contributed by atoms with E-state index in [-0.39, 0.29) is 11.9 Å². The lowest BCUT2D eigenvalue weighted by Crippen LogP contribution is -2.39. The predicted molar refractivity (Wildman–Crippen MR) is 68.0 cm³/mol. The van der Waals surface area contributed by atoms with E-state index in [9.17, 15) is 4.79 Å². The molecule has 2 rings (SSSR count). The Bertz CT molecular complexity index is 364. The molecule has 1 aromatic carbocycles. The summed E-state index contributed by atoms with van der Waals surface area (Å²) < 4.78 is 5.10. The summed E-state index contributed by atoms with van der Waals surface area (Å²) in [5.41, 5.74) is 1.20. The van der Waals surface area contributed by atoms with Crippen LogP contribution in [0.5, 0.6) is 0 Å². The van der Waals surface area contributed by atoms with Gasteiger partial charge in [-0.3, -0.25) is 4.79 Å². The van der Waals surface area contributed by atoms with Gasteiger partial charge in [0.2, 0.25) is 0 Å². The van der Waals surface area contributed by atoms with E-state index in [0.29, 0.717) is 6.61 Å². The van der Waals surface area contributed by atoms with Crippen LogP contribution < -0.4 is 4.90 Å². The predicted octanol–water partition coefficient (Wildman–Crippen LogP) is 2.47. The molecule has 1 fully saturated rings. The number of carbonyl (C=O) groups is 1. The fraction of sp³-hybridized carbons (Fsp3) is 0.500. The van der Waals surface area contributed by atoms with Crippen molar-refractivity contribution in [2.75, 3.05) is 24.6 Å². The lowest BCUT2D eigenvalue weighted by atomic mass is 9.97. The van der Waals surface area contributed by atoms with E-state index in [2.05, 4.69) is 17.0 Å². The molecular weight excluding hydrogens is 214 g/mol. The summed E-state index contributed by atoms with van der Waals surface area (Å²) in [5, 5.41) is 0. The van der Waals surface area contributed by atoms with Gasteiger partial charge in [-0.2, -0.15) is 0 Å². The fourth-order valence-corrected chi connectivity index (χ4v) is 2.30. The second-order valence-corrected chi connectivity index (χ2v) is 4.37. The first-order valence-electron chi connectivity index (χ1n) is 6.28. The number of carbonyl (C=O) groups excluding carboxylic acids is 1. The second kappa shape index (κ2) is 5.71. The summed E-state index contributed by atoms with van der Waals surface area (Å²) in [6.45, 7) is 4.14. The highest BCUT2D eigenvalue weighted by Gasteiger charge is 2.26. The van der Waals surface area contributed by atoms with E-state index >= 15 is 0 Å². The van der Waals surface area contributed by atoms with Crippen LogP contribution in [0.3, 0.4) is 0 Å². The van der Waals surface area contributed by atoms with Gasteiger partial charge >= 0.3 is 5.97 Å². The van der Waals surface area contributed by atoms with E-state index in [1.54, 1.807) is 0 Å². The molecule has 0 spiro atoms. The van der Waals surface area contributed by atoms with Gasteiger partial charge in [0.15, 0.2) is 0 Å². The number of rotatable bonds is 3. The zero-order chi connectivity index (χ0) is 12.1. The van der Waals surface area contributed by atoms with Gasteiger partial charge in [-0.25, -0.2) is 0 Å². The van der Waals surface area contributed by atoms with Crippen LogP contribution in [0.1, 0.15) is 19.8 Å². The summed E-state index contributed by atoms with van der Waals surface area (Å²) in [4.78, 5) is 14.0. The maximum absolute atomic E-state index is 11.7. The van der Waals surface area contributed by atoms with Gasteiger partial charge in [0.05, 0.1) is 12.5 Å². The highest BCUT2D eigenvalue weighted by Crippen LogP contribution is 2.23. The smallest absolute Gasteiger partial charge is 0.310 e. The maximum atomic E-state index is 11.7. The molecule has 1 aliphatic heterocycles. The summed E-state index contributed by atoms with van der Waals surface area (Å²) >= 11 is 0. The standard InChI is InChI=1S/C14H19NO2/c1-2-17-14(16)12-7-6-10-15(11-12)13-8-4-3-5-9-13/h3-5,8-9,12H,2,6-7,10-11H2,1H3/t12-/m0/s1. The van der Waals surface area contributed by atoms with Crippen molar-refractivity contribution in [1.29, 1.82) is 0 Å². The third-order valence-electron chi connectivity index (χ3n) is 3.16. The number of ether oxygens (including phenoxy) is 1. The Balaban J connectivity index is 2.00. The molecule has 1 saturated heterocycles. The molecule has 0 aromatic heterocycles. The first kappa shape index (κ1) is 12.0. The zero-order valence-electron chi connectivity index (χ0n) is 10.3. The average molecular weight is 233 g/mol. The van der Waals surface area contributed by atoms with Gasteiger partial charge in [-0.15, -0.1) is 0 Å². The molecule has 0 aliphatic carbocycles. The van der Waals surface area contributed by atoms with Gasteiger partial charge in [-0.1, -0.05) is 18.2 Å². The van der Waals surface area contributed by atoms with Crippen molar-refractivity contribution in [3.63, 3.8) is 0 Å². The molecule has 3 nitrogen and oxygen atoms in total. The summed E-state index contributed by atoms with van der Waals surface area (Å²) in [5.74, 6) is -0.0166. The lowest BCUT2D eigenvalue weighted by Gasteiger charge is -2.33. The molecule has 0 radical (unpaired) electrons. The minimum absolute atomic E-state index is 0.0314. The molecule has 0 bridgehead atoms. The Morgan fingerprint density at radius 3 is 2.88 bits per heavy atom. The average Bonchev–Trinajstić information content (AvgIpc) is 2.40. The number of nitrogens with zero attached hydrogens (tertiary/aromatic N) is 1. The molecule has 1 heterocycles. The Morgan fingerprint density at radius 2 is 2.18 bits per heavy atom. The molecule has 0 saturated carbocycles. The molecular formula is C14H19NO2. The quantitative estimate of drug-likeness (QED) is 0.751. The first-order valence-corrected chi connectivity index (χ1v) is 6.28. The second-order valence-electron chi connectivity index (χ2n) is 4.37. The number of hydrogen-bond donors (Lipinski definition) is 0. The van der Waals surface area contributed by atoms with Gasteiger partial charge in [0, 0.05) is 18.8 Å². The normalized spacial score (nSPS) is 20.1. The monoisotopic (exact) mass is 233 g/mol. The Morgan fingerprint density at radius 1 is 1.41 bits per heavy atom. The van der Waals surface area contributed by atoms with E-state index in [4.69, 9.17) is 4.74 Å². The molecule has 92 valence electrons. The largest absolute Gasteiger partial charge is 0.466 e. The van der Waals surface area contributed by atoms with Crippen molar-refractivity contribution in [1.82, 2.24) is 0 Å². The third kappa shape index (κ3) is 2.99. The Hall–Kier alpha value is -1.51. The van der Waals surface area contributed by atoms with Crippen molar-refractivity contribution in [2.24, 2.45) is 5.92 Å². The van der Waals surface area contributed by atoms with Gasteiger partial charge < -0.3 is 9.64 Å². The zero-order valence-corrected chi connectivity index (χ0v) is 10.3. The number of hydrogen-bond acceptors (Lipinski definition) is 3. The number of esters is 1. The van der Waals surface area contributed by atoms with Crippen LogP contribution in [-0.4, -0.2) is 25.7 Å². The molecule has 1 atom stereocenters. The molecule has 1 aliphatic rings. The molecule has 0 N–H and O–H groups in total. The van der Waals surface area contributed by atoms with Crippen LogP contribution >= 0.6 is 0 Å². The molecule has 0 unspecified atom stereocenters. The van der Waals surface area contributed by atoms with Crippen molar-refractivity contribution in [3.8, 4) is 0 Å². The van der Waals surface area contributed by atoms with Gasteiger partial charge in [0.1, 0.15) is 0 Å². The van der Waals surface area contributed by atoms with Crippen LogP contribution in [0.4, 0.5) is 5.69 Å². The fourth-order valence-electron chi connectivity index (χ4n) is 2.30. The first-order chi connectivity index (χ1) is 8.31. The van der Waals surface area contributed by atoms with Crippen LogP contribution in [0, 0.1) is 5.92 Å². The lowest BCUT2D eigenvalue weighted by molar-refractivity contribution is -0.148. The number of benzene rings is 1.